The fraction of sp³-hybridized carbons (Fsp3) is 0.500. The first kappa shape index (κ1) is 12.8. The molecule has 0 radical (unpaired) electrons. The summed E-state index contributed by atoms with van der Waals surface area (Å²) in [5.74, 6) is 0.860. The van der Waals surface area contributed by atoms with Crippen molar-refractivity contribution in [2.24, 2.45) is 0 Å². The van der Waals surface area contributed by atoms with E-state index >= 15 is 0 Å². The highest BCUT2D eigenvalue weighted by atomic mass is 79.9. The molecule has 2 aromatic rings. The lowest BCUT2D eigenvalue weighted by atomic mass is 10.3. The second kappa shape index (κ2) is 4.58. The molecule has 0 aliphatic rings. The van der Waals surface area contributed by atoms with Gasteiger partial charge in [-0.3, -0.25) is 0 Å². The van der Waals surface area contributed by atoms with Crippen molar-refractivity contribution in [3.05, 3.63) is 21.1 Å². The van der Waals surface area contributed by atoms with Crippen molar-refractivity contribution in [2.45, 2.75) is 40.2 Å². The van der Waals surface area contributed by atoms with E-state index in [1.54, 1.807) is 0 Å². The number of aryl methyl sites for hydroxylation is 2. The summed E-state index contributed by atoms with van der Waals surface area (Å²) in [6.45, 7) is 8.25. The van der Waals surface area contributed by atoms with E-state index in [-0.39, 0.29) is 6.04 Å². The Morgan fingerprint density at radius 2 is 2.00 bits per heavy atom. The van der Waals surface area contributed by atoms with Crippen molar-refractivity contribution < 1.29 is 0 Å². The van der Waals surface area contributed by atoms with E-state index in [2.05, 4.69) is 46.7 Å². The average Bonchev–Trinajstić information content (AvgIpc) is 2.51. The highest BCUT2D eigenvalue weighted by Crippen LogP contribution is 2.37. The SMILES string of the molecule is CCc1nc(C)c2c(Br)c(Cl)n(C(C)C)c2n1. The van der Waals surface area contributed by atoms with Crippen LogP contribution in [0.25, 0.3) is 11.0 Å². The molecule has 5 heteroatoms. The molecule has 92 valence electrons. The first-order chi connectivity index (χ1) is 7.97. The highest BCUT2D eigenvalue weighted by molar-refractivity contribution is 9.10. The molecule has 2 heterocycles. The minimum Gasteiger partial charge on any atom is -0.313 e. The zero-order chi connectivity index (χ0) is 12.7. The van der Waals surface area contributed by atoms with Crippen molar-refractivity contribution in [3.63, 3.8) is 0 Å². The van der Waals surface area contributed by atoms with E-state index in [9.17, 15) is 0 Å². The molecule has 0 N–H and O–H groups in total. The maximum atomic E-state index is 6.35. The molecule has 17 heavy (non-hydrogen) atoms. The number of hydrogen-bond donors (Lipinski definition) is 0. The largest absolute Gasteiger partial charge is 0.313 e. The quantitative estimate of drug-likeness (QED) is 0.827. The number of fused-ring (bicyclic) bond motifs is 1. The van der Waals surface area contributed by atoms with Crippen molar-refractivity contribution >= 4 is 38.6 Å². The Kier molecular flexibility index (Phi) is 3.46. The van der Waals surface area contributed by atoms with Crippen LogP contribution >= 0.6 is 27.5 Å². The molecule has 0 saturated carbocycles. The number of halogens is 2. The van der Waals surface area contributed by atoms with Crippen molar-refractivity contribution in [2.75, 3.05) is 0 Å². The van der Waals surface area contributed by atoms with E-state index in [1.807, 2.05) is 11.5 Å². The van der Waals surface area contributed by atoms with Gasteiger partial charge in [0.15, 0.2) is 0 Å². The number of hydrogen-bond acceptors (Lipinski definition) is 2. The molecular weight excluding hydrogens is 302 g/mol. The van der Waals surface area contributed by atoms with Gasteiger partial charge in [0.25, 0.3) is 0 Å². The Morgan fingerprint density at radius 3 is 2.53 bits per heavy atom. The number of rotatable bonds is 2. The van der Waals surface area contributed by atoms with E-state index in [1.165, 1.54) is 0 Å². The van der Waals surface area contributed by atoms with Gasteiger partial charge in [-0.1, -0.05) is 18.5 Å². The van der Waals surface area contributed by atoms with Gasteiger partial charge in [-0.05, 0) is 36.7 Å². The normalized spacial score (nSPS) is 11.7. The van der Waals surface area contributed by atoms with Crippen LogP contribution in [0.5, 0.6) is 0 Å². The zero-order valence-corrected chi connectivity index (χ0v) is 12.7. The molecular formula is C12H15BrClN3. The van der Waals surface area contributed by atoms with Crippen LogP contribution in [0.4, 0.5) is 0 Å². The minimum absolute atomic E-state index is 0.273. The molecule has 0 bridgehead atoms. The third-order valence-electron chi connectivity index (χ3n) is 2.79. The second-order valence-electron chi connectivity index (χ2n) is 4.35. The Morgan fingerprint density at radius 1 is 1.35 bits per heavy atom. The first-order valence-electron chi connectivity index (χ1n) is 5.69. The molecule has 0 amide bonds. The molecule has 0 spiro atoms. The van der Waals surface area contributed by atoms with Crippen LogP contribution in [-0.2, 0) is 6.42 Å². The van der Waals surface area contributed by atoms with E-state index in [0.29, 0.717) is 5.15 Å². The van der Waals surface area contributed by atoms with Gasteiger partial charge in [0.05, 0.1) is 15.6 Å². The predicted octanol–water partition coefficient (Wildman–Crippen LogP) is 4.30. The fourth-order valence-corrected chi connectivity index (χ4v) is 3.00. The second-order valence-corrected chi connectivity index (χ2v) is 5.50. The van der Waals surface area contributed by atoms with Gasteiger partial charge in [0.2, 0.25) is 0 Å². The fourth-order valence-electron chi connectivity index (χ4n) is 1.98. The van der Waals surface area contributed by atoms with Crippen LogP contribution in [0.3, 0.4) is 0 Å². The van der Waals surface area contributed by atoms with Crippen molar-refractivity contribution in [1.82, 2.24) is 14.5 Å². The lowest BCUT2D eigenvalue weighted by Crippen LogP contribution is -2.04. The molecule has 3 nitrogen and oxygen atoms in total. The summed E-state index contributed by atoms with van der Waals surface area (Å²) >= 11 is 9.88. The van der Waals surface area contributed by atoms with Crippen LogP contribution in [-0.4, -0.2) is 14.5 Å². The summed E-state index contributed by atoms with van der Waals surface area (Å²) in [6.07, 6.45) is 0.829. The maximum absolute atomic E-state index is 6.35. The summed E-state index contributed by atoms with van der Waals surface area (Å²) < 4.78 is 2.93. The topological polar surface area (TPSA) is 30.7 Å². The lowest BCUT2D eigenvalue weighted by molar-refractivity contribution is 0.616. The van der Waals surface area contributed by atoms with Crippen LogP contribution in [0.2, 0.25) is 5.15 Å². The molecule has 0 saturated heterocycles. The van der Waals surface area contributed by atoms with E-state index in [0.717, 1.165) is 33.4 Å². The zero-order valence-electron chi connectivity index (χ0n) is 10.4. The molecule has 0 aliphatic carbocycles. The molecule has 2 rings (SSSR count). The standard InChI is InChI=1S/C12H15BrClN3/c1-5-8-15-7(4)9-10(13)11(14)17(6(2)3)12(9)16-8/h6H,5H2,1-4H3. The third-order valence-corrected chi connectivity index (χ3v) is 4.16. The van der Waals surface area contributed by atoms with Crippen LogP contribution in [0, 0.1) is 6.92 Å². The summed E-state index contributed by atoms with van der Waals surface area (Å²) in [7, 11) is 0. The average molecular weight is 317 g/mol. The smallest absolute Gasteiger partial charge is 0.146 e. The van der Waals surface area contributed by atoms with Gasteiger partial charge in [-0.2, -0.15) is 0 Å². The molecule has 0 unspecified atom stereocenters. The number of nitrogens with zero attached hydrogens (tertiary/aromatic N) is 3. The summed E-state index contributed by atoms with van der Waals surface area (Å²) in [6, 6.07) is 0.273. The van der Waals surface area contributed by atoms with Gasteiger partial charge in [-0.15, -0.1) is 0 Å². The minimum atomic E-state index is 0.273. The molecule has 0 atom stereocenters. The summed E-state index contributed by atoms with van der Waals surface area (Å²) in [5.41, 5.74) is 1.89. The summed E-state index contributed by atoms with van der Waals surface area (Å²) in [4.78, 5) is 9.08. The Bertz CT molecular complexity index is 575. The Balaban J connectivity index is 2.90. The Hall–Kier alpha value is -0.610. The van der Waals surface area contributed by atoms with E-state index in [4.69, 9.17) is 11.6 Å². The van der Waals surface area contributed by atoms with Gasteiger partial charge < -0.3 is 4.57 Å². The molecule has 0 aliphatic heterocycles. The molecule has 0 fully saturated rings. The van der Waals surface area contributed by atoms with Crippen molar-refractivity contribution in [1.29, 1.82) is 0 Å². The van der Waals surface area contributed by atoms with Crippen LogP contribution < -0.4 is 0 Å². The summed E-state index contributed by atoms with van der Waals surface area (Å²) in [5, 5.41) is 1.71. The van der Waals surface area contributed by atoms with Gasteiger partial charge in [0.1, 0.15) is 16.6 Å². The predicted molar refractivity (Wildman–Crippen MR) is 74.7 cm³/mol. The lowest BCUT2D eigenvalue weighted by Gasteiger charge is -2.10. The van der Waals surface area contributed by atoms with E-state index < -0.39 is 0 Å². The van der Waals surface area contributed by atoms with Crippen LogP contribution in [0.15, 0.2) is 4.47 Å². The maximum Gasteiger partial charge on any atom is 0.146 e. The Labute approximate surface area is 114 Å². The monoisotopic (exact) mass is 315 g/mol. The molecule has 0 aromatic carbocycles. The van der Waals surface area contributed by atoms with Crippen molar-refractivity contribution in [3.8, 4) is 0 Å². The first-order valence-corrected chi connectivity index (χ1v) is 6.86. The highest BCUT2D eigenvalue weighted by Gasteiger charge is 2.19. The van der Waals surface area contributed by atoms with Gasteiger partial charge in [0, 0.05) is 12.5 Å². The molecule has 2 aromatic heterocycles. The van der Waals surface area contributed by atoms with Crippen LogP contribution in [0.1, 0.15) is 38.3 Å². The third kappa shape index (κ3) is 1.97. The number of aromatic nitrogens is 3. The van der Waals surface area contributed by atoms with Gasteiger partial charge >= 0.3 is 0 Å². The van der Waals surface area contributed by atoms with Gasteiger partial charge in [-0.25, -0.2) is 9.97 Å².